The number of carboxylic acid groups (broad SMARTS) is 1. The molecule has 0 saturated heterocycles. The first-order valence-electron chi connectivity index (χ1n) is 15.0. The molecule has 0 fully saturated rings. The van der Waals surface area contributed by atoms with Crippen molar-refractivity contribution in [3.8, 4) is 0 Å². The molecule has 0 unspecified atom stereocenters. The smallest absolute Gasteiger partial charge is 0.328 e. The SMILES string of the molecule is NC(N)=NC/C(=C\C(=O)O)[C@@H](CC[C@@H](CCC[C@H](N)CCCCCCO)c1ccc2ccccc2c1)[N-]c1ccc[nH]1. The van der Waals surface area contributed by atoms with Crippen LogP contribution in [-0.4, -0.2) is 52.4 Å². The Bertz CT molecular complexity index is 1270. The van der Waals surface area contributed by atoms with E-state index in [0.29, 0.717) is 17.8 Å². The van der Waals surface area contributed by atoms with Crippen molar-refractivity contribution >= 4 is 28.5 Å². The van der Waals surface area contributed by atoms with E-state index in [1.807, 2.05) is 18.2 Å². The average molecular weight is 576 g/mol. The molecule has 0 amide bonds. The van der Waals surface area contributed by atoms with Gasteiger partial charge in [0.25, 0.3) is 0 Å². The number of aromatic nitrogens is 1. The zero-order chi connectivity index (χ0) is 30.2. The second-order valence-electron chi connectivity index (χ2n) is 11.0. The van der Waals surface area contributed by atoms with Crippen LogP contribution >= 0.6 is 0 Å². The summed E-state index contributed by atoms with van der Waals surface area (Å²) in [6.45, 7) is 0.320. The lowest BCUT2D eigenvalue weighted by atomic mass is 9.85. The third-order valence-corrected chi connectivity index (χ3v) is 7.70. The van der Waals surface area contributed by atoms with Gasteiger partial charge in [0.2, 0.25) is 0 Å². The fraction of sp³-hybridized carbons (Fsp3) is 0.455. The Labute approximate surface area is 249 Å². The number of nitrogens with zero attached hydrogens (tertiary/aromatic N) is 2. The van der Waals surface area contributed by atoms with Gasteiger partial charge in [-0.25, -0.2) is 9.79 Å². The summed E-state index contributed by atoms with van der Waals surface area (Å²) in [5.41, 5.74) is 19.4. The highest BCUT2D eigenvalue weighted by molar-refractivity contribution is 5.83. The van der Waals surface area contributed by atoms with Crippen molar-refractivity contribution in [3.05, 3.63) is 83.3 Å². The van der Waals surface area contributed by atoms with Gasteiger partial charge in [0.15, 0.2) is 5.96 Å². The lowest BCUT2D eigenvalue weighted by molar-refractivity contribution is -0.131. The number of unbranched alkanes of at least 4 members (excludes halogenated alkanes) is 3. The number of aliphatic hydroxyl groups excluding tert-OH is 1. The van der Waals surface area contributed by atoms with Crippen LogP contribution in [-0.2, 0) is 4.79 Å². The van der Waals surface area contributed by atoms with Crippen molar-refractivity contribution < 1.29 is 15.0 Å². The quantitative estimate of drug-likeness (QED) is 0.0427. The first kappa shape index (κ1) is 32.7. The van der Waals surface area contributed by atoms with E-state index >= 15 is 0 Å². The number of aliphatic hydroxyl groups is 1. The van der Waals surface area contributed by atoms with Crippen molar-refractivity contribution in [2.75, 3.05) is 13.2 Å². The summed E-state index contributed by atoms with van der Waals surface area (Å²) in [4.78, 5) is 18.9. The first-order valence-corrected chi connectivity index (χ1v) is 15.0. The van der Waals surface area contributed by atoms with Gasteiger partial charge in [-0.3, -0.25) is 0 Å². The maximum absolute atomic E-state index is 11.7. The molecule has 0 spiro atoms. The minimum atomic E-state index is -1.06. The second-order valence-corrected chi connectivity index (χ2v) is 11.0. The van der Waals surface area contributed by atoms with E-state index in [2.05, 4.69) is 46.4 Å². The van der Waals surface area contributed by atoms with Crippen molar-refractivity contribution in [2.24, 2.45) is 22.2 Å². The van der Waals surface area contributed by atoms with Crippen LogP contribution in [0.5, 0.6) is 0 Å². The molecule has 228 valence electrons. The Balaban J connectivity index is 1.76. The normalized spacial score (nSPS) is 13.9. The highest BCUT2D eigenvalue weighted by Crippen LogP contribution is 2.34. The summed E-state index contributed by atoms with van der Waals surface area (Å²) in [6, 6.07) is 18.5. The van der Waals surface area contributed by atoms with E-state index in [9.17, 15) is 9.90 Å². The van der Waals surface area contributed by atoms with Crippen LogP contribution in [0.1, 0.15) is 75.7 Å². The molecule has 1 heterocycles. The minimum absolute atomic E-state index is 0.0668. The Morgan fingerprint density at radius 1 is 0.905 bits per heavy atom. The van der Waals surface area contributed by atoms with Crippen molar-refractivity contribution in [3.63, 3.8) is 0 Å². The summed E-state index contributed by atoms with van der Waals surface area (Å²) in [5.74, 6) is -0.224. The van der Waals surface area contributed by atoms with E-state index < -0.39 is 12.0 Å². The molecule has 0 saturated carbocycles. The number of aliphatic imine (C=N–C) groups is 1. The molecule has 9 N–H and O–H groups in total. The fourth-order valence-corrected chi connectivity index (χ4v) is 5.43. The number of rotatable bonds is 20. The predicted octanol–water partition coefficient (Wildman–Crippen LogP) is 5.83. The summed E-state index contributed by atoms with van der Waals surface area (Å²) in [7, 11) is 0. The fourth-order valence-electron chi connectivity index (χ4n) is 5.43. The molecule has 0 aliphatic rings. The molecule has 0 bridgehead atoms. The number of hydrogen-bond donors (Lipinski definition) is 6. The van der Waals surface area contributed by atoms with Crippen molar-refractivity contribution in [1.29, 1.82) is 0 Å². The molecule has 3 rings (SSSR count). The molecular weight excluding hydrogens is 528 g/mol. The van der Waals surface area contributed by atoms with Crippen LogP contribution in [0.3, 0.4) is 0 Å². The van der Waals surface area contributed by atoms with E-state index in [1.54, 1.807) is 6.20 Å². The Hall–Kier alpha value is -3.82. The molecule has 9 heteroatoms. The minimum Gasteiger partial charge on any atom is -0.478 e. The van der Waals surface area contributed by atoms with Crippen LogP contribution < -0.4 is 17.2 Å². The second kappa shape index (κ2) is 17.9. The summed E-state index contributed by atoms with van der Waals surface area (Å²) >= 11 is 0. The standard InChI is InChI=1S/C33H47N6O3/c34-29(12-3-1-2-6-20-40)13-7-11-25(27-16-15-24-9-4-5-10-26(24)21-27)17-18-30(39-31-14-8-19-37-31)28(22-32(41)42)23-38-33(35)36/h4-5,8-10,14-16,19,21-22,25,29-30,37,40H,1-3,6-7,11-13,17-18,20,23,34H2,(H,41,42)(H4,35,36,38)/q-1/b28-22+/t25-,29-,30-/m1/s1. The third kappa shape index (κ3) is 11.6. The summed E-state index contributed by atoms with van der Waals surface area (Å²) in [5, 5.41) is 25.8. The number of carboxylic acids is 1. The number of nitrogens with two attached hydrogens (primary N) is 3. The summed E-state index contributed by atoms with van der Waals surface area (Å²) < 4.78 is 0. The van der Waals surface area contributed by atoms with Gasteiger partial charge in [0.1, 0.15) is 0 Å². The third-order valence-electron chi connectivity index (χ3n) is 7.70. The highest BCUT2D eigenvalue weighted by Gasteiger charge is 2.18. The van der Waals surface area contributed by atoms with Crippen LogP contribution in [0, 0.1) is 0 Å². The Morgan fingerprint density at radius 3 is 2.38 bits per heavy atom. The van der Waals surface area contributed by atoms with Crippen LogP contribution in [0.25, 0.3) is 16.1 Å². The molecule has 1 aromatic heterocycles. The van der Waals surface area contributed by atoms with Gasteiger partial charge >= 0.3 is 5.97 Å². The van der Waals surface area contributed by atoms with Crippen LogP contribution in [0.2, 0.25) is 0 Å². The Morgan fingerprint density at radius 2 is 1.67 bits per heavy atom. The number of aromatic amines is 1. The summed E-state index contributed by atoms with van der Waals surface area (Å²) in [6.07, 6.45) is 12.4. The molecule has 0 radical (unpaired) electrons. The first-order chi connectivity index (χ1) is 20.4. The van der Waals surface area contributed by atoms with Gasteiger partial charge in [-0.2, -0.15) is 0 Å². The van der Waals surface area contributed by atoms with E-state index in [1.165, 1.54) is 22.4 Å². The monoisotopic (exact) mass is 575 g/mol. The maximum Gasteiger partial charge on any atom is 0.328 e. The van der Waals surface area contributed by atoms with Gasteiger partial charge in [-0.15, -0.1) is 0 Å². The van der Waals surface area contributed by atoms with E-state index in [0.717, 1.165) is 57.8 Å². The van der Waals surface area contributed by atoms with Gasteiger partial charge in [0, 0.05) is 18.7 Å². The Kier molecular flexibility index (Phi) is 13.9. The number of aliphatic carboxylic acids is 1. The molecule has 3 aromatic rings. The zero-order valence-electron chi connectivity index (χ0n) is 24.5. The number of carbonyl (C=O) groups is 1. The van der Waals surface area contributed by atoms with Crippen LogP contribution in [0.4, 0.5) is 5.82 Å². The number of H-pyrrole nitrogens is 1. The molecule has 42 heavy (non-hydrogen) atoms. The van der Waals surface area contributed by atoms with Gasteiger partial charge in [-0.05, 0) is 72.4 Å². The molecule has 0 aliphatic carbocycles. The zero-order valence-corrected chi connectivity index (χ0v) is 24.5. The van der Waals surface area contributed by atoms with E-state index in [4.69, 9.17) is 27.6 Å². The number of hydrogen-bond acceptors (Lipinski definition) is 4. The van der Waals surface area contributed by atoms with Gasteiger partial charge < -0.3 is 37.7 Å². The molecule has 3 atom stereocenters. The van der Waals surface area contributed by atoms with Crippen molar-refractivity contribution in [2.45, 2.75) is 82.2 Å². The topological polar surface area (TPSA) is 178 Å². The molecule has 9 nitrogen and oxygen atoms in total. The predicted molar refractivity (Wildman–Crippen MR) is 172 cm³/mol. The largest absolute Gasteiger partial charge is 0.478 e. The lowest BCUT2D eigenvalue weighted by Crippen LogP contribution is -2.24. The van der Waals surface area contributed by atoms with Crippen molar-refractivity contribution in [1.82, 2.24) is 4.98 Å². The molecule has 2 aromatic carbocycles. The number of benzene rings is 2. The lowest BCUT2D eigenvalue weighted by Gasteiger charge is -2.29. The van der Waals surface area contributed by atoms with Gasteiger partial charge in [0.05, 0.1) is 6.54 Å². The highest BCUT2D eigenvalue weighted by atomic mass is 16.4. The van der Waals surface area contributed by atoms with Gasteiger partial charge in [-0.1, -0.05) is 92.3 Å². The maximum atomic E-state index is 11.7. The molecular formula is C33H47N6O3-. The average Bonchev–Trinajstić information content (AvgIpc) is 3.49. The van der Waals surface area contributed by atoms with Crippen LogP contribution in [0.15, 0.2) is 77.4 Å². The van der Waals surface area contributed by atoms with E-state index in [-0.39, 0.29) is 31.1 Å². The number of fused-ring (bicyclic) bond motifs is 1. The number of guanidine groups is 1. The molecule has 0 aliphatic heterocycles. The number of nitrogens with one attached hydrogen (secondary N) is 1.